The quantitative estimate of drug-likeness (QED) is 0.717. The number of aromatic nitrogens is 5. The van der Waals surface area contributed by atoms with Gasteiger partial charge in [0.25, 0.3) is 0 Å². The molecule has 2 aromatic heterocycles. The summed E-state index contributed by atoms with van der Waals surface area (Å²) in [5.41, 5.74) is 1.58. The Hall–Kier alpha value is -1.69. The van der Waals surface area contributed by atoms with Crippen molar-refractivity contribution in [2.45, 2.75) is 13.5 Å². The number of nitrogens with zero attached hydrogens (tertiary/aromatic N) is 5. The second-order valence-electron chi connectivity index (χ2n) is 3.01. The van der Waals surface area contributed by atoms with Crippen LogP contribution in [0.1, 0.15) is 11.3 Å². The van der Waals surface area contributed by atoms with Gasteiger partial charge in [0.15, 0.2) is 5.82 Å². The van der Waals surface area contributed by atoms with Gasteiger partial charge >= 0.3 is 0 Å². The molecule has 6 nitrogen and oxygen atoms in total. The Kier molecular flexibility index (Phi) is 2.05. The van der Waals surface area contributed by atoms with Crippen LogP contribution in [0.3, 0.4) is 0 Å². The van der Waals surface area contributed by atoms with Gasteiger partial charge in [0.1, 0.15) is 12.7 Å². The van der Waals surface area contributed by atoms with Gasteiger partial charge in [-0.3, -0.25) is 4.68 Å². The third-order valence-corrected chi connectivity index (χ3v) is 2.11. The van der Waals surface area contributed by atoms with Gasteiger partial charge in [-0.05, 0) is 6.92 Å². The molecular formula is C8H11N5O. The monoisotopic (exact) mass is 193 g/mol. The predicted octanol–water partition coefficient (Wildman–Crippen LogP) is -0.198. The number of rotatable bonds is 2. The molecule has 0 unspecified atom stereocenters. The van der Waals surface area contributed by atoms with E-state index in [9.17, 15) is 5.11 Å². The zero-order chi connectivity index (χ0) is 10.1. The molecule has 0 aromatic carbocycles. The van der Waals surface area contributed by atoms with Gasteiger partial charge in [-0.2, -0.15) is 10.2 Å². The molecule has 1 N–H and O–H groups in total. The fourth-order valence-corrected chi connectivity index (χ4v) is 1.48. The van der Waals surface area contributed by atoms with Crippen molar-refractivity contribution < 1.29 is 5.11 Å². The second kappa shape index (κ2) is 3.22. The molecule has 0 radical (unpaired) electrons. The summed E-state index contributed by atoms with van der Waals surface area (Å²) in [7, 11) is 1.81. The van der Waals surface area contributed by atoms with Crippen LogP contribution in [0.2, 0.25) is 0 Å². The van der Waals surface area contributed by atoms with Crippen molar-refractivity contribution in [1.82, 2.24) is 24.5 Å². The predicted molar refractivity (Wildman–Crippen MR) is 48.8 cm³/mol. The normalized spacial score (nSPS) is 10.8. The molecule has 2 heterocycles. The maximum absolute atomic E-state index is 9.20. The first-order chi connectivity index (χ1) is 6.74. The minimum atomic E-state index is -0.0468. The van der Waals surface area contributed by atoms with Gasteiger partial charge in [0.05, 0.1) is 12.3 Å². The highest BCUT2D eigenvalue weighted by Crippen LogP contribution is 2.15. The zero-order valence-corrected chi connectivity index (χ0v) is 8.05. The van der Waals surface area contributed by atoms with Crippen LogP contribution in [0.4, 0.5) is 0 Å². The molecule has 0 aliphatic rings. The van der Waals surface area contributed by atoms with E-state index in [4.69, 9.17) is 0 Å². The maximum Gasteiger partial charge on any atom is 0.159 e. The summed E-state index contributed by atoms with van der Waals surface area (Å²) in [5, 5.41) is 17.4. The number of hydrogen-bond donors (Lipinski definition) is 1. The molecule has 0 spiro atoms. The van der Waals surface area contributed by atoms with Gasteiger partial charge in [0, 0.05) is 12.6 Å². The fraction of sp³-hybridized carbons (Fsp3) is 0.375. The van der Waals surface area contributed by atoms with E-state index in [1.54, 1.807) is 15.7 Å². The lowest BCUT2D eigenvalue weighted by molar-refractivity contribution is 0.280. The maximum atomic E-state index is 9.20. The molecule has 0 saturated heterocycles. The molecule has 0 fully saturated rings. The topological polar surface area (TPSA) is 68.8 Å². The molecule has 0 amide bonds. The fourth-order valence-electron chi connectivity index (χ4n) is 1.48. The summed E-state index contributed by atoms with van der Waals surface area (Å²) in [4.78, 5) is 3.85. The molecule has 2 aromatic rings. The molecule has 2 rings (SSSR count). The lowest BCUT2D eigenvalue weighted by atomic mass is 10.2. The van der Waals surface area contributed by atoms with Crippen molar-refractivity contribution in [2.75, 3.05) is 0 Å². The highest BCUT2D eigenvalue weighted by atomic mass is 16.3. The van der Waals surface area contributed by atoms with Crippen molar-refractivity contribution in [2.24, 2.45) is 7.05 Å². The van der Waals surface area contributed by atoms with E-state index in [-0.39, 0.29) is 6.61 Å². The summed E-state index contributed by atoms with van der Waals surface area (Å²) in [6.07, 6.45) is 3.03. The van der Waals surface area contributed by atoms with Crippen LogP contribution < -0.4 is 0 Å². The lowest BCUT2D eigenvalue weighted by Gasteiger charge is -2.02. The SMILES string of the molecule is Cc1nn(C)c(-n2cncn2)c1CO. The number of hydrogen-bond acceptors (Lipinski definition) is 4. The number of aryl methyl sites for hydroxylation is 2. The van der Waals surface area contributed by atoms with E-state index in [0.29, 0.717) is 0 Å². The number of aliphatic hydroxyl groups excluding tert-OH is 1. The Bertz CT molecular complexity index is 431. The average Bonchev–Trinajstić information content (AvgIpc) is 2.72. The Morgan fingerprint density at radius 1 is 1.50 bits per heavy atom. The first-order valence-corrected chi connectivity index (χ1v) is 4.22. The molecule has 0 aliphatic heterocycles. The lowest BCUT2D eigenvalue weighted by Crippen LogP contribution is -2.05. The first-order valence-electron chi connectivity index (χ1n) is 4.22. The third kappa shape index (κ3) is 1.20. The van der Waals surface area contributed by atoms with Crippen LogP contribution in [0.5, 0.6) is 0 Å². The van der Waals surface area contributed by atoms with Crippen molar-refractivity contribution >= 4 is 0 Å². The molecule has 0 aliphatic carbocycles. The summed E-state index contributed by atoms with van der Waals surface area (Å²) in [6.45, 7) is 1.81. The van der Waals surface area contributed by atoms with Crippen LogP contribution in [-0.4, -0.2) is 29.7 Å². The summed E-state index contributed by atoms with van der Waals surface area (Å²) >= 11 is 0. The smallest absolute Gasteiger partial charge is 0.159 e. The van der Waals surface area contributed by atoms with Crippen LogP contribution in [0, 0.1) is 6.92 Å². The second-order valence-corrected chi connectivity index (χ2v) is 3.01. The van der Waals surface area contributed by atoms with Gasteiger partial charge in [-0.1, -0.05) is 0 Å². The van der Waals surface area contributed by atoms with E-state index in [1.165, 1.54) is 6.33 Å². The standard InChI is InChI=1S/C8H11N5O/c1-6-7(3-14)8(12(2)11-6)13-5-9-4-10-13/h4-5,14H,3H2,1-2H3. The van der Waals surface area contributed by atoms with Crippen LogP contribution in [-0.2, 0) is 13.7 Å². The van der Waals surface area contributed by atoms with E-state index in [0.717, 1.165) is 17.1 Å². The van der Waals surface area contributed by atoms with E-state index in [1.807, 2.05) is 14.0 Å². The van der Waals surface area contributed by atoms with Crippen LogP contribution >= 0.6 is 0 Å². The summed E-state index contributed by atoms with van der Waals surface area (Å²) in [5.74, 6) is 0.752. The molecule has 0 bridgehead atoms. The molecular weight excluding hydrogens is 182 g/mol. The van der Waals surface area contributed by atoms with Crippen LogP contribution in [0.25, 0.3) is 5.82 Å². The molecule has 0 atom stereocenters. The van der Waals surface area contributed by atoms with E-state index in [2.05, 4.69) is 15.2 Å². The van der Waals surface area contributed by atoms with E-state index >= 15 is 0 Å². The zero-order valence-electron chi connectivity index (χ0n) is 8.05. The molecule has 74 valence electrons. The first kappa shape index (κ1) is 8.89. The highest BCUT2D eigenvalue weighted by molar-refractivity contribution is 5.36. The minimum Gasteiger partial charge on any atom is -0.391 e. The Morgan fingerprint density at radius 2 is 2.29 bits per heavy atom. The third-order valence-electron chi connectivity index (χ3n) is 2.11. The minimum absolute atomic E-state index is 0.0468. The Balaban J connectivity index is 2.62. The summed E-state index contributed by atoms with van der Waals surface area (Å²) in [6, 6.07) is 0. The average molecular weight is 193 g/mol. The number of aliphatic hydroxyl groups is 1. The Morgan fingerprint density at radius 3 is 2.86 bits per heavy atom. The van der Waals surface area contributed by atoms with Crippen molar-refractivity contribution in [3.8, 4) is 5.82 Å². The highest BCUT2D eigenvalue weighted by Gasteiger charge is 2.13. The Labute approximate surface area is 80.8 Å². The van der Waals surface area contributed by atoms with E-state index < -0.39 is 0 Å². The van der Waals surface area contributed by atoms with Gasteiger partial charge in [-0.15, -0.1) is 0 Å². The van der Waals surface area contributed by atoms with Gasteiger partial charge < -0.3 is 5.11 Å². The molecule has 6 heteroatoms. The van der Waals surface area contributed by atoms with Gasteiger partial charge in [-0.25, -0.2) is 9.67 Å². The van der Waals surface area contributed by atoms with Crippen molar-refractivity contribution in [3.05, 3.63) is 23.9 Å². The van der Waals surface area contributed by atoms with Crippen LogP contribution in [0.15, 0.2) is 12.7 Å². The molecule has 0 saturated carbocycles. The largest absolute Gasteiger partial charge is 0.391 e. The summed E-state index contributed by atoms with van der Waals surface area (Å²) < 4.78 is 3.26. The van der Waals surface area contributed by atoms with Crippen molar-refractivity contribution in [1.29, 1.82) is 0 Å². The van der Waals surface area contributed by atoms with Gasteiger partial charge in [0.2, 0.25) is 0 Å². The molecule has 14 heavy (non-hydrogen) atoms. The van der Waals surface area contributed by atoms with Crippen molar-refractivity contribution in [3.63, 3.8) is 0 Å².